The van der Waals surface area contributed by atoms with Gasteiger partial charge in [-0.3, -0.25) is 9.59 Å². The number of piperidine rings is 1. The van der Waals surface area contributed by atoms with Gasteiger partial charge in [-0.2, -0.15) is 0 Å². The van der Waals surface area contributed by atoms with E-state index in [2.05, 4.69) is 5.32 Å². The quantitative estimate of drug-likeness (QED) is 0.882. The molecule has 0 unspecified atom stereocenters. The van der Waals surface area contributed by atoms with Crippen molar-refractivity contribution in [3.63, 3.8) is 0 Å². The molecule has 2 fully saturated rings. The van der Waals surface area contributed by atoms with Crippen molar-refractivity contribution in [3.05, 3.63) is 23.8 Å². The van der Waals surface area contributed by atoms with Gasteiger partial charge in [-0.25, -0.2) is 0 Å². The molecule has 2 amide bonds. The molecule has 0 radical (unpaired) electrons. The Morgan fingerprint density at radius 1 is 1.19 bits per heavy atom. The second-order valence-corrected chi connectivity index (χ2v) is 6.98. The van der Waals surface area contributed by atoms with E-state index in [1.807, 2.05) is 17.0 Å². The first-order valence-corrected chi connectivity index (χ1v) is 9.25. The number of benzene rings is 1. The SMILES string of the molecule is O=C1CCc2cc(OCC(=O)N3CCC(C4OCCO4)CC3)ccc2N1. The molecule has 0 bridgehead atoms. The molecule has 4 rings (SSSR count). The van der Waals surface area contributed by atoms with Crippen LogP contribution in [-0.2, 0) is 25.5 Å². The molecule has 1 aromatic rings. The van der Waals surface area contributed by atoms with Crippen molar-refractivity contribution >= 4 is 17.5 Å². The van der Waals surface area contributed by atoms with E-state index in [0.717, 1.165) is 24.1 Å². The average Bonchev–Trinajstić information content (AvgIpc) is 3.21. The molecule has 0 atom stereocenters. The van der Waals surface area contributed by atoms with Crippen LogP contribution in [0.25, 0.3) is 0 Å². The van der Waals surface area contributed by atoms with E-state index >= 15 is 0 Å². The fraction of sp³-hybridized carbons (Fsp3) is 0.579. The summed E-state index contributed by atoms with van der Waals surface area (Å²) in [5.74, 6) is 1.08. The smallest absolute Gasteiger partial charge is 0.260 e. The van der Waals surface area contributed by atoms with E-state index in [4.69, 9.17) is 14.2 Å². The third-order valence-corrected chi connectivity index (χ3v) is 5.26. The largest absolute Gasteiger partial charge is 0.484 e. The number of fused-ring (bicyclic) bond motifs is 1. The van der Waals surface area contributed by atoms with Crippen LogP contribution in [0.3, 0.4) is 0 Å². The molecule has 0 aliphatic carbocycles. The number of anilines is 1. The summed E-state index contributed by atoms with van der Waals surface area (Å²) in [4.78, 5) is 25.7. The topological polar surface area (TPSA) is 77.1 Å². The number of likely N-dealkylation sites (tertiary alicyclic amines) is 1. The Labute approximate surface area is 152 Å². The fourth-order valence-electron chi connectivity index (χ4n) is 3.76. The standard InChI is InChI=1S/C19H24N2O5/c22-17-4-1-14-11-15(2-3-16(14)20-17)26-12-18(23)21-7-5-13(6-8-21)19-24-9-10-25-19/h2-3,11,13,19H,1,4-10,12H2,(H,20,22). The molecule has 0 spiro atoms. The highest BCUT2D eigenvalue weighted by atomic mass is 16.7. The van der Waals surface area contributed by atoms with E-state index in [0.29, 0.717) is 50.8 Å². The van der Waals surface area contributed by atoms with Crippen molar-refractivity contribution in [1.82, 2.24) is 4.90 Å². The van der Waals surface area contributed by atoms with Crippen molar-refractivity contribution < 1.29 is 23.8 Å². The number of amides is 2. The maximum atomic E-state index is 12.4. The minimum atomic E-state index is -0.0977. The molecule has 3 aliphatic rings. The maximum absolute atomic E-state index is 12.4. The highest BCUT2D eigenvalue weighted by molar-refractivity contribution is 5.94. The number of carbonyl (C=O) groups excluding carboxylic acids is 2. The van der Waals surface area contributed by atoms with Gasteiger partial charge in [0, 0.05) is 31.1 Å². The third kappa shape index (κ3) is 3.83. The van der Waals surface area contributed by atoms with Gasteiger partial charge < -0.3 is 24.4 Å². The van der Waals surface area contributed by atoms with Crippen LogP contribution in [0.5, 0.6) is 5.75 Å². The van der Waals surface area contributed by atoms with Crippen LogP contribution in [0.2, 0.25) is 0 Å². The monoisotopic (exact) mass is 360 g/mol. The Bertz CT molecular complexity index is 679. The van der Waals surface area contributed by atoms with E-state index in [-0.39, 0.29) is 24.7 Å². The molecule has 26 heavy (non-hydrogen) atoms. The average molecular weight is 360 g/mol. The fourth-order valence-corrected chi connectivity index (χ4v) is 3.76. The number of aryl methyl sites for hydroxylation is 1. The minimum absolute atomic E-state index is 0.00253. The van der Waals surface area contributed by atoms with Crippen LogP contribution < -0.4 is 10.1 Å². The summed E-state index contributed by atoms with van der Waals surface area (Å²) >= 11 is 0. The maximum Gasteiger partial charge on any atom is 0.260 e. The summed E-state index contributed by atoms with van der Waals surface area (Å²) in [6.07, 6.45) is 2.88. The zero-order valence-corrected chi connectivity index (χ0v) is 14.7. The van der Waals surface area contributed by atoms with Crippen LogP contribution in [0, 0.1) is 5.92 Å². The first-order valence-electron chi connectivity index (χ1n) is 9.25. The minimum Gasteiger partial charge on any atom is -0.484 e. The Hall–Kier alpha value is -2.12. The van der Waals surface area contributed by atoms with E-state index in [9.17, 15) is 9.59 Å². The second kappa shape index (κ2) is 7.63. The van der Waals surface area contributed by atoms with Gasteiger partial charge >= 0.3 is 0 Å². The normalized spacial score (nSPS) is 21.4. The summed E-state index contributed by atoms with van der Waals surface area (Å²) in [5.41, 5.74) is 1.88. The van der Waals surface area contributed by atoms with Crippen LogP contribution >= 0.6 is 0 Å². The van der Waals surface area contributed by atoms with Gasteiger partial charge in [-0.15, -0.1) is 0 Å². The number of hydrogen-bond donors (Lipinski definition) is 1. The van der Waals surface area contributed by atoms with Gasteiger partial charge in [0.2, 0.25) is 5.91 Å². The highest BCUT2D eigenvalue weighted by Gasteiger charge is 2.31. The second-order valence-electron chi connectivity index (χ2n) is 6.98. The molecular formula is C19H24N2O5. The Morgan fingerprint density at radius 2 is 1.96 bits per heavy atom. The summed E-state index contributed by atoms with van der Waals surface area (Å²) < 4.78 is 16.8. The summed E-state index contributed by atoms with van der Waals surface area (Å²) in [7, 11) is 0. The molecule has 3 heterocycles. The zero-order chi connectivity index (χ0) is 17.9. The Kier molecular flexibility index (Phi) is 5.08. The molecule has 140 valence electrons. The molecular weight excluding hydrogens is 336 g/mol. The van der Waals surface area contributed by atoms with Gasteiger partial charge in [0.1, 0.15) is 5.75 Å². The molecule has 3 aliphatic heterocycles. The Balaban J connectivity index is 1.26. The predicted molar refractivity (Wildman–Crippen MR) is 93.9 cm³/mol. The van der Waals surface area contributed by atoms with Crippen molar-refractivity contribution in [2.75, 3.05) is 38.2 Å². The first kappa shape index (κ1) is 17.3. The number of nitrogens with one attached hydrogen (secondary N) is 1. The van der Waals surface area contributed by atoms with Gasteiger partial charge in [-0.1, -0.05) is 0 Å². The van der Waals surface area contributed by atoms with E-state index in [1.165, 1.54) is 0 Å². The van der Waals surface area contributed by atoms with Crippen molar-refractivity contribution in [2.45, 2.75) is 32.0 Å². The lowest BCUT2D eigenvalue weighted by Gasteiger charge is -2.33. The summed E-state index contributed by atoms with van der Waals surface area (Å²) in [6, 6.07) is 5.53. The van der Waals surface area contributed by atoms with Gasteiger partial charge in [0.15, 0.2) is 12.9 Å². The number of ether oxygens (including phenoxy) is 3. The van der Waals surface area contributed by atoms with Gasteiger partial charge in [-0.05, 0) is 43.0 Å². The number of carbonyl (C=O) groups is 2. The zero-order valence-electron chi connectivity index (χ0n) is 14.7. The van der Waals surface area contributed by atoms with E-state index < -0.39 is 0 Å². The van der Waals surface area contributed by atoms with Crippen LogP contribution in [0.4, 0.5) is 5.69 Å². The number of hydrogen-bond acceptors (Lipinski definition) is 5. The lowest BCUT2D eigenvalue weighted by Crippen LogP contribution is -2.43. The lowest BCUT2D eigenvalue weighted by molar-refractivity contribution is -0.138. The Morgan fingerprint density at radius 3 is 2.73 bits per heavy atom. The molecule has 2 saturated heterocycles. The predicted octanol–water partition coefficient (Wildman–Crippen LogP) is 1.56. The van der Waals surface area contributed by atoms with Crippen LogP contribution in [0.1, 0.15) is 24.8 Å². The van der Waals surface area contributed by atoms with Crippen molar-refractivity contribution in [2.24, 2.45) is 5.92 Å². The lowest BCUT2D eigenvalue weighted by atomic mass is 9.96. The van der Waals surface area contributed by atoms with Crippen LogP contribution in [0.15, 0.2) is 18.2 Å². The molecule has 0 aromatic heterocycles. The number of nitrogens with zero attached hydrogens (tertiary/aromatic N) is 1. The summed E-state index contributed by atoms with van der Waals surface area (Å²) in [6.45, 7) is 2.80. The molecule has 0 saturated carbocycles. The van der Waals surface area contributed by atoms with E-state index in [1.54, 1.807) is 6.07 Å². The van der Waals surface area contributed by atoms with Crippen molar-refractivity contribution in [3.8, 4) is 5.75 Å². The van der Waals surface area contributed by atoms with Crippen LogP contribution in [-0.4, -0.2) is 55.9 Å². The van der Waals surface area contributed by atoms with Gasteiger partial charge in [0.25, 0.3) is 5.91 Å². The first-order chi connectivity index (χ1) is 12.7. The molecule has 1 aromatic carbocycles. The molecule has 7 heteroatoms. The molecule has 7 nitrogen and oxygen atoms in total. The summed E-state index contributed by atoms with van der Waals surface area (Å²) in [5, 5.41) is 2.84. The molecule has 1 N–H and O–H groups in total. The van der Waals surface area contributed by atoms with Crippen molar-refractivity contribution in [1.29, 1.82) is 0 Å². The van der Waals surface area contributed by atoms with Gasteiger partial charge in [0.05, 0.1) is 13.2 Å². The third-order valence-electron chi connectivity index (χ3n) is 5.26. The highest BCUT2D eigenvalue weighted by Crippen LogP contribution is 2.28. The number of rotatable bonds is 4.